The van der Waals surface area contributed by atoms with Crippen molar-refractivity contribution in [1.29, 1.82) is 5.26 Å². The Morgan fingerprint density at radius 1 is 1.46 bits per heavy atom. The van der Waals surface area contributed by atoms with Gasteiger partial charge in [-0.25, -0.2) is 4.79 Å². The Hall–Kier alpha value is -2.30. The van der Waals surface area contributed by atoms with Crippen molar-refractivity contribution in [2.75, 3.05) is 6.61 Å². The number of esters is 1. The average Bonchev–Trinajstić information content (AvgIpc) is 3.08. The van der Waals surface area contributed by atoms with Gasteiger partial charge < -0.3 is 15.2 Å². The highest BCUT2D eigenvalue weighted by molar-refractivity contribution is 7.13. The molecule has 0 radical (unpaired) electrons. The lowest BCUT2D eigenvalue weighted by Gasteiger charge is -2.23. The van der Waals surface area contributed by atoms with Gasteiger partial charge in [0, 0.05) is 9.75 Å². The van der Waals surface area contributed by atoms with Crippen molar-refractivity contribution in [3.8, 4) is 11.8 Å². The Balaban J connectivity index is 2.22. The van der Waals surface area contributed by atoms with Crippen LogP contribution in [0.1, 0.15) is 43.4 Å². The maximum atomic E-state index is 12.3. The summed E-state index contributed by atoms with van der Waals surface area (Å²) in [7, 11) is 0. The molecule has 0 saturated heterocycles. The number of thiophene rings is 2. The lowest BCUT2D eigenvalue weighted by Crippen LogP contribution is -2.21. The van der Waals surface area contributed by atoms with Gasteiger partial charge in [-0.2, -0.15) is 5.26 Å². The first kappa shape index (κ1) is 16.6. The SMILES string of the molecule is CCOC(=O)c1c(C)sc2c1OC(N)=C(C#N)[C@H]2c1sccc1C. The van der Waals surface area contributed by atoms with Gasteiger partial charge in [0.1, 0.15) is 17.2 Å². The molecule has 2 aromatic rings. The fourth-order valence-corrected chi connectivity index (χ4v) is 5.08. The van der Waals surface area contributed by atoms with E-state index in [1.165, 1.54) is 11.3 Å². The Bertz CT molecular complexity index is 886. The number of ether oxygens (including phenoxy) is 2. The molecule has 0 aliphatic carbocycles. The monoisotopic (exact) mass is 360 g/mol. The second-order valence-electron chi connectivity index (χ2n) is 5.34. The molecule has 0 bridgehead atoms. The molecular weight excluding hydrogens is 344 g/mol. The van der Waals surface area contributed by atoms with E-state index in [0.29, 0.717) is 16.9 Å². The van der Waals surface area contributed by atoms with E-state index in [-0.39, 0.29) is 18.4 Å². The van der Waals surface area contributed by atoms with Crippen LogP contribution in [0.4, 0.5) is 0 Å². The van der Waals surface area contributed by atoms with Crippen LogP contribution in [0.2, 0.25) is 0 Å². The van der Waals surface area contributed by atoms with Crippen LogP contribution < -0.4 is 10.5 Å². The zero-order chi connectivity index (χ0) is 17.4. The highest BCUT2D eigenvalue weighted by atomic mass is 32.1. The number of rotatable bonds is 3. The molecule has 1 aliphatic rings. The van der Waals surface area contributed by atoms with Gasteiger partial charge in [0.2, 0.25) is 5.88 Å². The smallest absolute Gasteiger partial charge is 0.343 e. The number of hydrogen-bond donors (Lipinski definition) is 1. The molecule has 24 heavy (non-hydrogen) atoms. The second kappa shape index (κ2) is 6.30. The minimum Gasteiger partial charge on any atom is -0.462 e. The van der Waals surface area contributed by atoms with Crippen molar-refractivity contribution in [3.63, 3.8) is 0 Å². The summed E-state index contributed by atoms with van der Waals surface area (Å²) < 4.78 is 10.8. The topological polar surface area (TPSA) is 85.3 Å². The molecule has 0 amide bonds. The van der Waals surface area contributed by atoms with E-state index < -0.39 is 5.97 Å². The van der Waals surface area contributed by atoms with Gasteiger partial charge in [0.15, 0.2) is 5.75 Å². The van der Waals surface area contributed by atoms with Crippen LogP contribution in [0.25, 0.3) is 0 Å². The average molecular weight is 360 g/mol. The van der Waals surface area contributed by atoms with E-state index in [4.69, 9.17) is 15.2 Å². The van der Waals surface area contributed by atoms with Crippen LogP contribution >= 0.6 is 22.7 Å². The lowest BCUT2D eigenvalue weighted by atomic mass is 9.92. The standard InChI is InChI=1S/C17H16N2O3S2/c1-4-21-17(20)11-9(3)24-15-12(14-8(2)5-6-23-14)10(7-18)16(19)22-13(11)15/h5-6,12H,4,19H2,1-3H3/t12-/m0/s1. The number of aryl methyl sites for hydroxylation is 2. The molecular formula is C17H16N2O3S2. The highest BCUT2D eigenvalue weighted by Gasteiger charge is 2.38. The predicted molar refractivity (Wildman–Crippen MR) is 93.4 cm³/mol. The molecule has 0 fully saturated rings. The van der Waals surface area contributed by atoms with Crippen molar-refractivity contribution in [3.05, 3.63) is 48.7 Å². The second-order valence-corrected chi connectivity index (χ2v) is 7.54. The van der Waals surface area contributed by atoms with Gasteiger partial charge in [-0.15, -0.1) is 22.7 Å². The molecule has 1 atom stereocenters. The number of nitriles is 1. The fourth-order valence-electron chi connectivity index (χ4n) is 2.76. The largest absolute Gasteiger partial charge is 0.462 e. The fraction of sp³-hybridized carbons (Fsp3) is 0.294. The Morgan fingerprint density at radius 3 is 2.79 bits per heavy atom. The summed E-state index contributed by atoms with van der Waals surface area (Å²) in [5.41, 5.74) is 7.86. The third kappa shape index (κ3) is 2.48. The number of fused-ring (bicyclic) bond motifs is 1. The molecule has 2 aromatic heterocycles. The molecule has 0 aromatic carbocycles. The first-order valence-electron chi connectivity index (χ1n) is 7.41. The van der Waals surface area contributed by atoms with E-state index in [9.17, 15) is 10.1 Å². The molecule has 3 heterocycles. The zero-order valence-corrected chi connectivity index (χ0v) is 15.1. The zero-order valence-electron chi connectivity index (χ0n) is 13.5. The third-order valence-corrected chi connectivity index (χ3v) is 6.09. The lowest BCUT2D eigenvalue weighted by molar-refractivity contribution is 0.0522. The summed E-state index contributed by atoms with van der Waals surface area (Å²) in [5, 5.41) is 11.6. The van der Waals surface area contributed by atoms with Crippen molar-refractivity contribution in [2.24, 2.45) is 5.73 Å². The molecule has 7 heteroatoms. The molecule has 2 N–H and O–H groups in total. The van der Waals surface area contributed by atoms with Crippen LogP contribution in [0.3, 0.4) is 0 Å². The van der Waals surface area contributed by atoms with Crippen LogP contribution in [-0.4, -0.2) is 12.6 Å². The van der Waals surface area contributed by atoms with Gasteiger partial charge in [-0.05, 0) is 37.8 Å². The molecule has 0 unspecified atom stereocenters. The van der Waals surface area contributed by atoms with E-state index in [1.807, 2.05) is 25.3 Å². The number of carbonyl (C=O) groups excluding carboxylic acids is 1. The summed E-state index contributed by atoms with van der Waals surface area (Å²) in [6.07, 6.45) is 0. The Morgan fingerprint density at radius 2 is 2.21 bits per heavy atom. The quantitative estimate of drug-likeness (QED) is 0.841. The van der Waals surface area contributed by atoms with Crippen LogP contribution in [-0.2, 0) is 4.74 Å². The van der Waals surface area contributed by atoms with Crippen LogP contribution in [0.15, 0.2) is 22.9 Å². The number of hydrogen-bond acceptors (Lipinski definition) is 7. The predicted octanol–water partition coefficient (Wildman–Crippen LogP) is 3.82. The van der Waals surface area contributed by atoms with Gasteiger partial charge in [-0.3, -0.25) is 0 Å². The van der Waals surface area contributed by atoms with E-state index in [1.54, 1.807) is 18.3 Å². The first-order chi connectivity index (χ1) is 11.5. The Kier molecular flexibility index (Phi) is 4.35. The summed E-state index contributed by atoms with van der Waals surface area (Å²) >= 11 is 3.02. The van der Waals surface area contributed by atoms with Crippen molar-refractivity contribution in [2.45, 2.75) is 26.7 Å². The summed E-state index contributed by atoms with van der Waals surface area (Å²) in [6, 6.07) is 4.18. The normalized spacial score (nSPS) is 16.3. The van der Waals surface area contributed by atoms with Gasteiger partial charge in [-0.1, -0.05) is 0 Å². The number of allylic oxidation sites excluding steroid dienone is 1. The summed E-state index contributed by atoms with van der Waals surface area (Å²) in [4.78, 5) is 15.0. The van der Waals surface area contributed by atoms with Crippen LogP contribution in [0, 0.1) is 25.2 Å². The molecule has 0 spiro atoms. The third-order valence-electron chi connectivity index (χ3n) is 3.86. The maximum Gasteiger partial charge on any atom is 0.343 e. The minimum atomic E-state index is -0.428. The highest BCUT2D eigenvalue weighted by Crippen LogP contribution is 2.50. The van der Waals surface area contributed by atoms with Gasteiger partial charge in [0.05, 0.1) is 17.4 Å². The molecule has 5 nitrogen and oxygen atoms in total. The maximum absolute atomic E-state index is 12.3. The van der Waals surface area contributed by atoms with E-state index in [2.05, 4.69) is 6.07 Å². The number of nitrogens with zero attached hydrogens (tertiary/aromatic N) is 1. The number of nitrogens with two attached hydrogens (primary N) is 1. The molecule has 1 aliphatic heterocycles. The van der Waals surface area contributed by atoms with Gasteiger partial charge >= 0.3 is 5.97 Å². The van der Waals surface area contributed by atoms with Crippen molar-refractivity contribution >= 4 is 28.6 Å². The summed E-state index contributed by atoms with van der Waals surface area (Å²) in [6.45, 7) is 5.88. The summed E-state index contributed by atoms with van der Waals surface area (Å²) in [5.74, 6) is -0.260. The molecule has 0 saturated carbocycles. The minimum absolute atomic E-state index is 0.0474. The van der Waals surface area contributed by atoms with Gasteiger partial charge in [0.25, 0.3) is 0 Å². The Labute approximate surface area is 147 Å². The van der Waals surface area contributed by atoms with Crippen molar-refractivity contribution in [1.82, 2.24) is 0 Å². The first-order valence-corrected chi connectivity index (χ1v) is 9.11. The molecule has 124 valence electrons. The van der Waals surface area contributed by atoms with E-state index in [0.717, 1.165) is 20.2 Å². The number of carbonyl (C=O) groups is 1. The molecule has 3 rings (SSSR count). The van der Waals surface area contributed by atoms with Crippen molar-refractivity contribution < 1.29 is 14.3 Å². The van der Waals surface area contributed by atoms with E-state index >= 15 is 0 Å². The van der Waals surface area contributed by atoms with Crippen LogP contribution in [0.5, 0.6) is 5.75 Å².